The van der Waals surface area contributed by atoms with Crippen LogP contribution in [0.5, 0.6) is 0 Å². The number of methoxy groups -OCH3 is 2. The summed E-state index contributed by atoms with van der Waals surface area (Å²) >= 11 is 7.15. The summed E-state index contributed by atoms with van der Waals surface area (Å²) in [6.45, 7) is 6.02. The molecule has 7 rings (SSSR count). The van der Waals surface area contributed by atoms with Crippen molar-refractivity contribution in [2.45, 2.75) is 257 Å². The number of carbonyl (C=O) groups is 2. The number of rotatable bonds is 9. The van der Waals surface area contributed by atoms with E-state index in [9.17, 15) is 35.1 Å². The largest absolute Gasteiger partial charge is 0.479 e. The Bertz CT molecular complexity index is 1750. The molecule has 0 amide bonds. The Morgan fingerprint density at radius 3 is 2.20 bits per heavy atom. The third-order valence-corrected chi connectivity index (χ3v) is 17.1. The van der Waals surface area contributed by atoms with Crippen LogP contribution in [0.1, 0.15) is 149 Å². The van der Waals surface area contributed by atoms with Crippen LogP contribution in [0.4, 0.5) is 0 Å². The zero-order valence-electron chi connectivity index (χ0n) is 41.9. The normalized spacial score (nSPS) is 46.4. The van der Waals surface area contributed by atoms with E-state index in [1.807, 2.05) is 19.1 Å². The van der Waals surface area contributed by atoms with Gasteiger partial charge in [0.15, 0.2) is 23.5 Å². The Kier molecular flexibility index (Phi) is 19.7. The van der Waals surface area contributed by atoms with Crippen molar-refractivity contribution in [3.8, 4) is 0 Å². The van der Waals surface area contributed by atoms with Gasteiger partial charge in [-0.05, 0) is 95.3 Å². The van der Waals surface area contributed by atoms with Gasteiger partial charge in [-0.1, -0.05) is 45.1 Å². The molecule has 7 aliphatic heterocycles. The van der Waals surface area contributed by atoms with Crippen molar-refractivity contribution in [2.24, 2.45) is 17.8 Å². The van der Waals surface area contributed by atoms with Gasteiger partial charge in [0.05, 0.1) is 66.7 Å². The first-order valence-corrected chi connectivity index (χ1v) is 26.7. The zero-order valence-corrected chi connectivity index (χ0v) is 42.7. The molecule has 7 aliphatic rings. The molecule has 21 unspecified atom stereocenters. The minimum absolute atomic E-state index is 0.00966. The fourth-order valence-electron chi connectivity index (χ4n) is 12.1. The van der Waals surface area contributed by atoms with Gasteiger partial charge < -0.3 is 73.3 Å². The lowest BCUT2D eigenvalue weighted by Gasteiger charge is -2.54. The first-order chi connectivity index (χ1) is 33.4. The quantitative estimate of drug-likeness (QED) is 0.0917. The Labute approximate surface area is 418 Å². The molecule has 17 nitrogen and oxygen atoms in total. The summed E-state index contributed by atoms with van der Waals surface area (Å²) in [7, 11) is 3.19. The van der Waals surface area contributed by atoms with E-state index in [4.69, 9.17) is 59.3 Å². The molecule has 6 N–H and O–H groups in total. The molecule has 7 fully saturated rings. The predicted molar refractivity (Wildman–Crippen MR) is 254 cm³/mol. The number of esters is 1. The molecule has 0 radical (unpaired) electrons. The van der Waals surface area contributed by atoms with Crippen molar-refractivity contribution in [2.75, 3.05) is 14.2 Å². The van der Waals surface area contributed by atoms with Crippen LogP contribution in [0.15, 0.2) is 24.3 Å². The maximum Gasteiger partial charge on any atom is 0.332 e. The van der Waals surface area contributed by atoms with Crippen molar-refractivity contribution >= 4 is 23.5 Å². The van der Waals surface area contributed by atoms with Crippen molar-refractivity contribution in [3.63, 3.8) is 0 Å². The molecule has 400 valence electrons. The molecule has 9 bridgehead atoms. The number of hydrogen-bond donors (Lipinski definition) is 6. The van der Waals surface area contributed by atoms with E-state index >= 15 is 0 Å². The number of hydrogen-bond acceptors (Lipinski definition) is 16. The number of halogens is 1. The molecule has 0 saturated carbocycles. The van der Waals surface area contributed by atoms with Gasteiger partial charge in [0.1, 0.15) is 24.4 Å². The van der Waals surface area contributed by atoms with Gasteiger partial charge in [-0.25, -0.2) is 4.79 Å². The van der Waals surface area contributed by atoms with Crippen LogP contribution in [0, 0.1) is 17.8 Å². The maximum atomic E-state index is 13.9. The van der Waals surface area contributed by atoms with E-state index in [2.05, 4.69) is 13.8 Å². The summed E-state index contributed by atoms with van der Waals surface area (Å²) in [6.07, 6.45) is 5.50. The second-order valence-corrected chi connectivity index (χ2v) is 22.3. The number of carboxylic acids is 1. The Hall–Kier alpha value is -1.81. The van der Waals surface area contributed by atoms with Gasteiger partial charge in [-0.15, -0.1) is 11.6 Å². The molecule has 0 aromatic rings. The van der Waals surface area contributed by atoms with E-state index in [1.165, 1.54) is 0 Å². The Morgan fingerprint density at radius 2 is 1.44 bits per heavy atom. The van der Waals surface area contributed by atoms with Crippen LogP contribution in [0.2, 0.25) is 0 Å². The fourth-order valence-corrected chi connectivity index (χ4v) is 12.5. The minimum atomic E-state index is -1.47. The highest BCUT2D eigenvalue weighted by atomic mass is 35.5. The van der Waals surface area contributed by atoms with Gasteiger partial charge >= 0.3 is 11.9 Å². The van der Waals surface area contributed by atoms with Crippen LogP contribution in [0.25, 0.3) is 0 Å². The maximum absolute atomic E-state index is 13.9. The number of allylic oxidation sites excluding steroid dienone is 2. The van der Waals surface area contributed by atoms with Crippen LogP contribution in [-0.4, -0.2) is 165 Å². The van der Waals surface area contributed by atoms with Crippen molar-refractivity contribution < 1.29 is 82.9 Å². The highest BCUT2D eigenvalue weighted by Crippen LogP contribution is 2.53. The smallest absolute Gasteiger partial charge is 0.332 e. The van der Waals surface area contributed by atoms with E-state index in [0.29, 0.717) is 83.5 Å². The average molecular weight is 1020 g/mol. The van der Waals surface area contributed by atoms with Gasteiger partial charge in [-0.2, -0.15) is 0 Å². The lowest BCUT2D eigenvalue weighted by molar-refractivity contribution is -0.413. The van der Waals surface area contributed by atoms with Crippen LogP contribution < -0.4 is 0 Å². The molecule has 0 aliphatic carbocycles. The topological polar surface area (TPSA) is 239 Å². The Balaban J connectivity index is 1.13. The minimum Gasteiger partial charge on any atom is -0.479 e. The van der Waals surface area contributed by atoms with E-state index in [0.717, 1.165) is 12.8 Å². The molecule has 21 atom stereocenters. The summed E-state index contributed by atoms with van der Waals surface area (Å²) in [5.41, 5.74) is 0. The second-order valence-electron chi connectivity index (χ2n) is 21.8. The summed E-state index contributed by atoms with van der Waals surface area (Å²) in [4.78, 5) is 24.9. The monoisotopic (exact) mass is 1010 g/mol. The lowest BCUT2D eigenvalue weighted by Crippen LogP contribution is -2.61. The molecule has 0 aromatic carbocycles. The SMILES string of the molecule is COC1CC23CCC(C)C4(CC(OC(=O)CC5CCCC(CC(O)CC(O)CC6OC7(CCC6C)CCC(OC)C(O7)C(O)C(O)C(C)CCC(O2)C1Cl)O5)C(CC=CCC=CCC(O)C(=O)O)O4)O3. The third-order valence-electron chi connectivity index (χ3n) is 16.5. The summed E-state index contributed by atoms with van der Waals surface area (Å²) in [5, 5.41) is 64.4. The summed E-state index contributed by atoms with van der Waals surface area (Å²) in [5.74, 6) is -5.55. The molecule has 3 spiro atoms. The highest BCUT2D eigenvalue weighted by molar-refractivity contribution is 6.21. The number of aliphatic hydroxyl groups excluding tert-OH is 5. The van der Waals surface area contributed by atoms with E-state index in [-0.39, 0.29) is 56.1 Å². The van der Waals surface area contributed by atoms with E-state index < -0.39 is 114 Å². The molecular formula is C52H83ClO17. The predicted octanol–water partition coefficient (Wildman–Crippen LogP) is 5.74. The number of aliphatic carboxylic acids is 1. The lowest BCUT2D eigenvalue weighted by atomic mass is 9.81. The van der Waals surface area contributed by atoms with Gasteiger partial charge in [0, 0.05) is 58.7 Å². The summed E-state index contributed by atoms with van der Waals surface area (Å²) < 4.78 is 59.1. The van der Waals surface area contributed by atoms with Crippen molar-refractivity contribution in [1.82, 2.24) is 0 Å². The highest BCUT2D eigenvalue weighted by Gasteiger charge is 2.61. The summed E-state index contributed by atoms with van der Waals surface area (Å²) in [6, 6.07) is 0. The second kappa shape index (κ2) is 24.7. The van der Waals surface area contributed by atoms with Gasteiger partial charge in [-0.3, -0.25) is 4.79 Å². The van der Waals surface area contributed by atoms with Crippen molar-refractivity contribution in [1.29, 1.82) is 0 Å². The number of carbonyl (C=O) groups excluding carboxylic acids is 1. The molecule has 7 heterocycles. The Morgan fingerprint density at radius 1 is 0.743 bits per heavy atom. The first-order valence-electron chi connectivity index (χ1n) is 26.3. The molecule has 70 heavy (non-hydrogen) atoms. The van der Waals surface area contributed by atoms with Gasteiger partial charge in [0.2, 0.25) is 0 Å². The average Bonchev–Trinajstić information content (AvgIpc) is 3.66. The van der Waals surface area contributed by atoms with Crippen molar-refractivity contribution in [3.05, 3.63) is 24.3 Å². The fraction of sp³-hybridized carbons (Fsp3) is 0.885. The molecular weight excluding hydrogens is 932 g/mol. The molecule has 0 aromatic heterocycles. The molecule has 7 saturated heterocycles. The van der Waals surface area contributed by atoms with Gasteiger partial charge in [0.25, 0.3) is 0 Å². The van der Waals surface area contributed by atoms with E-state index in [1.54, 1.807) is 26.4 Å². The molecule has 18 heteroatoms. The number of ether oxygens (including phenoxy) is 9. The number of aliphatic hydroxyl groups is 5. The number of fused-ring (bicyclic) bond motifs is 6. The third kappa shape index (κ3) is 13.7. The standard InChI is InChI=1S/C52H83ClO17/c1-30-18-21-50-23-20-40(62-4)48(69-50)47(59)46(58)31(2)16-17-39-45(53)43(63-5)28-51(66-39)22-19-32(3)52(70-51)29-42(38(68-52)15-10-8-6-7-9-14-37(56)49(60)61)65-44(57)27-36-13-11-12-35(64-36)25-33(54)24-34(55)26-41(30)67-50/h7-10,30-43,45-48,54-56,58-59H,6,11-29H2,1-5H3,(H,60,61). The zero-order chi connectivity index (χ0) is 50.4. The van der Waals surface area contributed by atoms with Crippen LogP contribution >= 0.6 is 11.6 Å². The van der Waals surface area contributed by atoms with Crippen LogP contribution in [0.3, 0.4) is 0 Å². The first kappa shape index (κ1) is 55.9. The number of alkyl halides is 1. The van der Waals surface area contributed by atoms with Crippen LogP contribution in [-0.2, 0) is 52.2 Å². The number of carboxylic acid groups (broad SMARTS) is 1.